The van der Waals surface area contributed by atoms with E-state index in [0.717, 1.165) is 17.1 Å². The number of rotatable bonds is 5. The van der Waals surface area contributed by atoms with Gasteiger partial charge in [0.1, 0.15) is 16.5 Å². The molecule has 0 unspecified atom stereocenters. The minimum Gasteiger partial charge on any atom is -0.457 e. The number of ether oxygens (including phenoxy) is 1. The molecule has 1 heterocycles. The van der Waals surface area contributed by atoms with Crippen molar-refractivity contribution in [1.82, 2.24) is 10.2 Å². The highest BCUT2D eigenvalue weighted by Crippen LogP contribution is 2.22. The number of hydrogen-bond acceptors (Lipinski definition) is 4. The molecule has 23 heavy (non-hydrogen) atoms. The number of anilines is 1. The molecule has 0 aliphatic carbocycles. The number of para-hydroxylation sites is 1. The quantitative estimate of drug-likeness (QED) is 0.747. The van der Waals surface area contributed by atoms with E-state index < -0.39 is 5.56 Å². The molecule has 116 valence electrons. The number of aromatic nitrogens is 2. The summed E-state index contributed by atoms with van der Waals surface area (Å²) in [5.74, 6) is 1.52. The van der Waals surface area contributed by atoms with Crippen molar-refractivity contribution in [1.29, 1.82) is 0 Å². The van der Waals surface area contributed by atoms with Crippen LogP contribution in [0, 0.1) is 0 Å². The standard InChI is InChI=1S/C17H14ClN3O2/c18-16-15(11-20-21-17(16)22)19-10-12-5-4-8-14(9-12)23-13-6-2-1-3-7-13/h1-9,11H,10H2,(H2,19,21,22). The number of H-pyrrole nitrogens is 1. The van der Waals surface area contributed by atoms with Crippen LogP contribution >= 0.6 is 11.6 Å². The molecule has 0 spiro atoms. The Bertz CT molecular complexity index is 850. The summed E-state index contributed by atoms with van der Waals surface area (Å²) >= 11 is 5.93. The Morgan fingerprint density at radius 1 is 1.09 bits per heavy atom. The van der Waals surface area contributed by atoms with Gasteiger partial charge in [-0.2, -0.15) is 5.10 Å². The molecule has 3 rings (SSSR count). The van der Waals surface area contributed by atoms with Crippen molar-refractivity contribution in [2.75, 3.05) is 5.32 Å². The molecule has 0 amide bonds. The molecule has 5 nitrogen and oxygen atoms in total. The summed E-state index contributed by atoms with van der Waals surface area (Å²) in [5, 5.41) is 9.18. The lowest BCUT2D eigenvalue weighted by atomic mass is 10.2. The third-order valence-electron chi connectivity index (χ3n) is 3.16. The van der Waals surface area contributed by atoms with Crippen LogP contribution in [0.1, 0.15) is 5.56 Å². The Hall–Kier alpha value is -2.79. The highest BCUT2D eigenvalue weighted by Gasteiger charge is 2.05. The summed E-state index contributed by atoms with van der Waals surface area (Å²) in [6, 6.07) is 17.2. The van der Waals surface area contributed by atoms with Crippen LogP contribution in [-0.4, -0.2) is 10.2 Å². The summed E-state index contributed by atoms with van der Waals surface area (Å²) in [6.07, 6.45) is 1.48. The van der Waals surface area contributed by atoms with E-state index in [9.17, 15) is 4.79 Å². The van der Waals surface area contributed by atoms with Gasteiger partial charge in [-0.05, 0) is 29.8 Å². The van der Waals surface area contributed by atoms with E-state index in [2.05, 4.69) is 15.5 Å². The van der Waals surface area contributed by atoms with Gasteiger partial charge in [0.2, 0.25) is 0 Å². The summed E-state index contributed by atoms with van der Waals surface area (Å²) in [4.78, 5) is 11.4. The topological polar surface area (TPSA) is 67.0 Å². The van der Waals surface area contributed by atoms with E-state index in [1.165, 1.54) is 6.20 Å². The van der Waals surface area contributed by atoms with Gasteiger partial charge in [0.15, 0.2) is 0 Å². The van der Waals surface area contributed by atoms with Gasteiger partial charge in [0.25, 0.3) is 5.56 Å². The lowest BCUT2D eigenvalue weighted by Crippen LogP contribution is -2.11. The average Bonchev–Trinajstić information content (AvgIpc) is 2.57. The summed E-state index contributed by atoms with van der Waals surface area (Å²) in [7, 11) is 0. The Morgan fingerprint density at radius 3 is 2.70 bits per heavy atom. The Balaban J connectivity index is 1.70. The highest BCUT2D eigenvalue weighted by molar-refractivity contribution is 6.32. The van der Waals surface area contributed by atoms with Crippen LogP contribution in [0.15, 0.2) is 65.6 Å². The first-order valence-electron chi connectivity index (χ1n) is 7.01. The smallest absolute Gasteiger partial charge is 0.285 e. The molecule has 0 fully saturated rings. The third-order valence-corrected chi connectivity index (χ3v) is 3.53. The van der Waals surface area contributed by atoms with Crippen molar-refractivity contribution in [3.8, 4) is 11.5 Å². The second-order valence-electron chi connectivity index (χ2n) is 4.84. The molecule has 2 aromatic carbocycles. The molecule has 0 bridgehead atoms. The molecule has 0 radical (unpaired) electrons. The number of aromatic amines is 1. The lowest BCUT2D eigenvalue weighted by Gasteiger charge is -2.09. The fraction of sp³-hybridized carbons (Fsp3) is 0.0588. The van der Waals surface area contributed by atoms with Gasteiger partial charge in [-0.25, -0.2) is 5.10 Å². The number of hydrogen-bond donors (Lipinski definition) is 2. The molecule has 1 aromatic heterocycles. The average molecular weight is 328 g/mol. The zero-order valence-corrected chi connectivity index (χ0v) is 12.9. The Labute approximate surface area is 137 Å². The fourth-order valence-electron chi connectivity index (χ4n) is 2.05. The maximum Gasteiger partial charge on any atom is 0.285 e. The molecule has 3 aromatic rings. The minimum absolute atomic E-state index is 0.0942. The van der Waals surface area contributed by atoms with E-state index in [0.29, 0.717) is 12.2 Å². The van der Waals surface area contributed by atoms with E-state index in [1.807, 2.05) is 54.6 Å². The molecule has 0 aliphatic rings. The van der Waals surface area contributed by atoms with Gasteiger partial charge >= 0.3 is 0 Å². The summed E-state index contributed by atoms with van der Waals surface area (Å²) < 4.78 is 5.79. The van der Waals surface area contributed by atoms with Crippen LogP contribution in [0.3, 0.4) is 0 Å². The van der Waals surface area contributed by atoms with Crippen LogP contribution in [0.2, 0.25) is 5.02 Å². The van der Waals surface area contributed by atoms with Gasteiger partial charge in [-0.3, -0.25) is 4.79 Å². The zero-order valence-electron chi connectivity index (χ0n) is 12.1. The van der Waals surface area contributed by atoms with Crippen LogP contribution in [-0.2, 0) is 6.54 Å². The SMILES string of the molecule is O=c1[nH]ncc(NCc2cccc(Oc3ccccc3)c2)c1Cl. The summed E-state index contributed by atoms with van der Waals surface area (Å²) in [6.45, 7) is 0.497. The second kappa shape index (κ2) is 6.98. The van der Waals surface area contributed by atoms with Crippen molar-refractivity contribution in [2.24, 2.45) is 0 Å². The number of halogens is 1. The van der Waals surface area contributed by atoms with Crippen molar-refractivity contribution < 1.29 is 4.74 Å². The van der Waals surface area contributed by atoms with Gasteiger partial charge in [0, 0.05) is 6.54 Å². The predicted octanol–water partition coefficient (Wildman–Crippen LogP) is 3.83. The number of nitrogens with one attached hydrogen (secondary N) is 2. The minimum atomic E-state index is -0.419. The van der Waals surface area contributed by atoms with E-state index in [1.54, 1.807) is 0 Å². The monoisotopic (exact) mass is 327 g/mol. The molecule has 0 aliphatic heterocycles. The normalized spacial score (nSPS) is 10.3. The van der Waals surface area contributed by atoms with Gasteiger partial charge in [-0.1, -0.05) is 41.9 Å². The van der Waals surface area contributed by atoms with Crippen molar-refractivity contribution >= 4 is 17.3 Å². The predicted molar refractivity (Wildman–Crippen MR) is 90.2 cm³/mol. The van der Waals surface area contributed by atoms with Gasteiger partial charge < -0.3 is 10.1 Å². The Morgan fingerprint density at radius 2 is 1.87 bits per heavy atom. The van der Waals surface area contributed by atoms with E-state index in [4.69, 9.17) is 16.3 Å². The molecule has 0 saturated carbocycles. The largest absolute Gasteiger partial charge is 0.457 e. The lowest BCUT2D eigenvalue weighted by molar-refractivity contribution is 0.482. The third kappa shape index (κ3) is 3.90. The molecule has 2 N–H and O–H groups in total. The van der Waals surface area contributed by atoms with Crippen LogP contribution in [0.5, 0.6) is 11.5 Å². The summed E-state index contributed by atoms with van der Waals surface area (Å²) in [5.41, 5.74) is 1.07. The fourth-order valence-corrected chi connectivity index (χ4v) is 2.21. The van der Waals surface area contributed by atoms with Crippen molar-refractivity contribution in [2.45, 2.75) is 6.54 Å². The van der Waals surface area contributed by atoms with E-state index in [-0.39, 0.29) is 5.02 Å². The molecular weight excluding hydrogens is 314 g/mol. The number of benzene rings is 2. The second-order valence-corrected chi connectivity index (χ2v) is 5.22. The van der Waals surface area contributed by atoms with Crippen LogP contribution in [0.25, 0.3) is 0 Å². The first-order valence-corrected chi connectivity index (χ1v) is 7.39. The molecule has 6 heteroatoms. The molecule has 0 saturated heterocycles. The maximum absolute atomic E-state index is 11.4. The maximum atomic E-state index is 11.4. The van der Waals surface area contributed by atoms with Crippen LogP contribution in [0.4, 0.5) is 5.69 Å². The van der Waals surface area contributed by atoms with E-state index >= 15 is 0 Å². The molecular formula is C17H14ClN3O2. The Kier molecular flexibility index (Phi) is 4.59. The first-order chi connectivity index (χ1) is 11.2. The highest BCUT2D eigenvalue weighted by atomic mass is 35.5. The van der Waals surface area contributed by atoms with Gasteiger partial charge in [0.05, 0.1) is 11.9 Å². The first kappa shape index (κ1) is 15.1. The zero-order chi connectivity index (χ0) is 16.1. The molecule has 0 atom stereocenters. The van der Waals surface area contributed by atoms with Crippen molar-refractivity contribution in [3.63, 3.8) is 0 Å². The van der Waals surface area contributed by atoms with Gasteiger partial charge in [-0.15, -0.1) is 0 Å². The number of nitrogens with zero attached hydrogens (tertiary/aromatic N) is 1. The van der Waals surface area contributed by atoms with Crippen LogP contribution < -0.4 is 15.6 Å². The van der Waals surface area contributed by atoms with Crippen molar-refractivity contribution in [3.05, 3.63) is 81.7 Å².